The van der Waals surface area contributed by atoms with Crippen molar-refractivity contribution in [2.75, 3.05) is 0 Å². The summed E-state index contributed by atoms with van der Waals surface area (Å²) >= 11 is 0. The minimum absolute atomic E-state index is 0.182. The van der Waals surface area contributed by atoms with Gasteiger partial charge in [0.15, 0.2) is 11.6 Å². The summed E-state index contributed by atoms with van der Waals surface area (Å²) in [5, 5.41) is 9.21. The SMILES string of the molecule is CC.Cc1c(-c2ccn(C3CC3)n2)cn2nc(-c3nccn3C)[nH]c(=O)c12. The number of fused-ring (bicyclic) bond motifs is 1. The van der Waals surface area contributed by atoms with E-state index in [1.807, 2.05) is 61.7 Å². The Balaban J connectivity index is 0.000000872. The van der Waals surface area contributed by atoms with Crippen LogP contribution in [0.3, 0.4) is 0 Å². The smallest absolute Gasteiger partial charge is 0.275 e. The molecule has 5 rings (SSSR count). The van der Waals surface area contributed by atoms with E-state index in [1.54, 1.807) is 10.7 Å². The molecule has 27 heavy (non-hydrogen) atoms. The van der Waals surface area contributed by atoms with Gasteiger partial charge in [0.25, 0.3) is 5.56 Å². The first-order valence-electron chi connectivity index (χ1n) is 9.27. The molecule has 8 heteroatoms. The lowest BCUT2D eigenvalue weighted by Gasteiger charge is -2.02. The van der Waals surface area contributed by atoms with E-state index in [0.717, 1.165) is 16.8 Å². The Morgan fingerprint density at radius 3 is 2.63 bits per heavy atom. The number of rotatable bonds is 3. The molecule has 140 valence electrons. The van der Waals surface area contributed by atoms with Crippen LogP contribution in [0.15, 0.2) is 35.6 Å². The van der Waals surface area contributed by atoms with E-state index < -0.39 is 0 Å². The second-order valence-electron chi connectivity index (χ2n) is 6.54. The lowest BCUT2D eigenvalue weighted by Crippen LogP contribution is -2.15. The zero-order valence-electron chi connectivity index (χ0n) is 16.0. The molecule has 4 aromatic heterocycles. The minimum atomic E-state index is -0.182. The lowest BCUT2D eigenvalue weighted by atomic mass is 10.1. The molecule has 0 saturated heterocycles. The summed E-state index contributed by atoms with van der Waals surface area (Å²) in [6.07, 6.45) is 9.74. The summed E-state index contributed by atoms with van der Waals surface area (Å²) in [7, 11) is 1.86. The van der Waals surface area contributed by atoms with Crippen LogP contribution in [0.1, 0.15) is 38.3 Å². The lowest BCUT2D eigenvalue weighted by molar-refractivity contribution is 0.644. The summed E-state index contributed by atoms with van der Waals surface area (Å²) in [4.78, 5) is 19.7. The highest BCUT2D eigenvalue weighted by Crippen LogP contribution is 2.35. The summed E-state index contributed by atoms with van der Waals surface area (Å²) in [6, 6.07) is 2.52. The molecule has 1 saturated carbocycles. The maximum Gasteiger partial charge on any atom is 0.275 e. The normalized spacial score (nSPS) is 13.6. The average molecular weight is 365 g/mol. The van der Waals surface area contributed by atoms with Crippen LogP contribution in [0.2, 0.25) is 0 Å². The van der Waals surface area contributed by atoms with Crippen molar-refractivity contribution < 1.29 is 0 Å². The molecule has 4 heterocycles. The monoisotopic (exact) mass is 365 g/mol. The van der Waals surface area contributed by atoms with Crippen molar-refractivity contribution in [3.05, 3.63) is 46.8 Å². The van der Waals surface area contributed by atoms with Crippen LogP contribution in [0.5, 0.6) is 0 Å². The summed E-state index contributed by atoms with van der Waals surface area (Å²) in [5.41, 5.74) is 3.02. The number of nitrogens with zero attached hydrogens (tertiary/aromatic N) is 6. The van der Waals surface area contributed by atoms with Gasteiger partial charge >= 0.3 is 0 Å². The third-order valence-corrected chi connectivity index (χ3v) is 4.73. The van der Waals surface area contributed by atoms with Gasteiger partial charge in [-0.3, -0.25) is 9.48 Å². The van der Waals surface area contributed by atoms with Gasteiger partial charge in [0.05, 0.1) is 11.7 Å². The van der Waals surface area contributed by atoms with Gasteiger partial charge in [-0.05, 0) is 31.4 Å². The maximum atomic E-state index is 12.6. The molecule has 0 amide bonds. The first-order chi connectivity index (χ1) is 13.1. The van der Waals surface area contributed by atoms with Crippen LogP contribution >= 0.6 is 0 Å². The van der Waals surface area contributed by atoms with Crippen LogP contribution in [0.4, 0.5) is 0 Å². The van der Waals surface area contributed by atoms with Crippen LogP contribution in [0, 0.1) is 6.92 Å². The highest BCUT2D eigenvalue weighted by molar-refractivity contribution is 5.73. The van der Waals surface area contributed by atoms with Crippen molar-refractivity contribution in [1.82, 2.24) is 33.9 Å². The van der Waals surface area contributed by atoms with Crippen molar-refractivity contribution >= 4 is 5.52 Å². The summed E-state index contributed by atoms with van der Waals surface area (Å²) < 4.78 is 5.45. The Morgan fingerprint density at radius 2 is 1.96 bits per heavy atom. The van der Waals surface area contributed by atoms with E-state index in [0.29, 0.717) is 23.2 Å². The highest BCUT2D eigenvalue weighted by atomic mass is 16.1. The molecule has 0 spiro atoms. The number of aryl methyl sites for hydroxylation is 2. The second kappa shape index (κ2) is 6.53. The zero-order valence-corrected chi connectivity index (χ0v) is 16.0. The minimum Gasteiger partial charge on any atom is -0.331 e. The molecule has 0 radical (unpaired) electrons. The molecular formula is C19H23N7O. The molecule has 0 bridgehead atoms. The number of H-pyrrole nitrogens is 1. The van der Waals surface area contributed by atoms with Crippen molar-refractivity contribution in [3.63, 3.8) is 0 Å². The third kappa shape index (κ3) is 2.87. The van der Waals surface area contributed by atoms with E-state index in [2.05, 4.69) is 20.2 Å². The van der Waals surface area contributed by atoms with E-state index in [-0.39, 0.29) is 5.56 Å². The number of aromatic nitrogens is 7. The molecule has 0 aromatic carbocycles. The molecule has 0 unspecified atom stereocenters. The van der Waals surface area contributed by atoms with Gasteiger partial charge in [0.2, 0.25) is 0 Å². The van der Waals surface area contributed by atoms with Crippen molar-refractivity contribution in [2.24, 2.45) is 7.05 Å². The quantitative estimate of drug-likeness (QED) is 0.605. The van der Waals surface area contributed by atoms with E-state index in [1.165, 1.54) is 12.8 Å². The Kier molecular flexibility index (Phi) is 4.18. The van der Waals surface area contributed by atoms with Gasteiger partial charge in [-0.2, -0.15) is 5.10 Å². The predicted octanol–water partition coefficient (Wildman–Crippen LogP) is 2.96. The molecule has 1 fully saturated rings. The van der Waals surface area contributed by atoms with Crippen molar-refractivity contribution in [2.45, 2.75) is 39.7 Å². The zero-order chi connectivity index (χ0) is 19.1. The number of imidazole rings is 1. The largest absolute Gasteiger partial charge is 0.331 e. The molecule has 0 atom stereocenters. The van der Waals surface area contributed by atoms with Crippen LogP contribution in [-0.4, -0.2) is 33.9 Å². The van der Waals surface area contributed by atoms with Crippen LogP contribution < -0.4 is 5.56 Å². The first kappa shape index (κ1) is 17.3. The third-order valence-electron chi connectivity index (χ3n) is 4.73. The fourth-order valence-corrected chi connectivity index (χ4v) is 3.21. The Bertz CT molecular complexity index is 1160. The summed E-state index contributed by atoms with van der Waals surface area (Å²) in [5.74, 6) is 1.06. The molecule has 1 aliphatic rings. The number of nitrogens with one attached hydrogen (secondary N) is 1. The molecule has 4 aromatic rings. The van der Waals surface area contributed by atoms with E-state index in [4.69, 9.17) is 0 Å². The molecule has 8 nitrogen and oxygen atoms in total. The molecule has 1 aliphatic carbocycles. The van der Waals surface area contributed by atoms with Crippen LogP contribution in [-0.2, 0) is 7.05 Å². The average Bonchev–Trinajstić information content (AvgIpc) is 3.09. The van der Waals surface area contributed by atoms with E-state index in [9.17, 15) is 4.79 Å². The number of hydrogen-bond donors (Lipinski definition) is 1. The standard InChI is InChI=1S/C17H17N7O.C2H6/c1-10-12(13-5-7-23(20-13)11-3-4-11)9-24-14(10)17(25)19-15(21-24)16-18-6-8-22(16)2;1-2/h5-9,11H,3-4H2,1-2H3,(H,19,21,25);1-2H3. The molecule has 0 aliphatic heterocycles. The van der Waals surface area contributed by atoms with Gasteiger partial charge in [0.1, 0.15) is 5.52 Å². The van der Waals surface area contributed by atoms with Crippen molar-refractivity contribution in [1.29, 1.82) is 0 Å². The fraction of sp³-hybridized carbons (Fsp3) is 0.368. The fourth-order valence-electron chi connectivity index (χ4n) is 3.21. The van der Waals surface area contributed by atoms with Crippen LogP contribution in [0.25, 0.3) is 28.4 Å². The van der Waals surface area contributed by atoms with Gasteiger partial charge in [0, 0.05) is 37.4 Å². The van der Waals surface area contributed by atoms with E-state index >= 15 is 0 Å². The second-order valence-corrected chi connectivity index (χ2v) is 6.54. The van der Waals surface area contributed by atoms with Gasteiger partial charge in [-0.25, -0.2) is 9.50 Å². The maximum absolute atomic E-state index is 12.6. The Hall–Kier alpha value is -3.16. The number of hydrogen-bond acceptors (Lipinski definition) is 4. The summed E-state index contributed by atoms with van der Waals surface area (Å²) in [6.45, 7) is 5.93. The van der Waals surface area contributed by atoms with Gasteiger partial charge in [-0.15, -0.1) is 5.10 Å². The van der Waals surface area contributed by atoms with Crippen molar-refractivity contribution in [3.8, 4) is 22.9 Å². The van der Waals surface area contributed by atoms with Gasteiger partial charge < -0.3 is 9.55 Å². The highest BCUT2D eigenvalue weighted by Gasteiger charge is 2.25. The first-order valence-corrected chi connectivity index (χ1v) is 9.27. The topological polar surface area (TPSA) is 85.8 Å². The van der Waals surface area contributed by atoms with Gasteiger partial charge in [-0.1, -0.05) is 13.8 Å². The number of aromatic amines is 1. The molecule has 1 N–H and O–H groups in total. The Labute approximate surface area is 156 Å². The Morgan fingerprint density at radius 1 is 1.19 bits per heavy atom. The molecular weight excluding hydrogens is 342 g/mol. The predicted molar refractivity (Wildman–Crippen MR) is 104 cm³/mol.